The number of carbonyl (C=O) groups is 1. The van der Waals surface area contributed by atoms with Crippen LogP contribution in [0.25, 0.3) is 10.9 Å². The molecule has 1 saturated heterocycles. The lowest BCUT2D eigenvalue weighted by molar-refractivity contribution is 0.183. The van der Waals surface area contributed by atoms with Crippen LogP contribution in [0.15, 0.2) is 54.9 Å². The number of rotatable bonds is 3. The van der Waals surface area contributed by atoms with E-state index in [0.717, 1.165) is 48.3 Å². The molecule has 3 aromatic rings. The van der Waals surface area contributed by atoms with Crippen LogP contribution in [0.2, 0.25) is 0 Å². The van der Waals surface area contributed by atoms with Crippen LogP contribution in [0.1, 0.15) is 33.6 Å². The Labute approximate surface area is 178 Å². The topological polar surface area (TPSA) is 53.4 Å². The number of piperidine rings is 1. The molecule has 3 heterocycles. The first-order valence-electron chi connectivity index (χ1n) is 10.6. The lowest BCUT2D eigenvalue weighted by Crippen LogP contribution is -2.47. The molecule has 0 spiro atoms. The zero-order valence-corrected chi connectivity index (χ0v) is 18.3. The largest absolute Gasteiger partial charge is 0.377 e. The molecule has 6 nitrogen and oxygen atoms in total. The highest BCUT2D eigenvalue weighted by Crippen LogP contribution is 2.29. The number of hydrogen-bond acceptors (Lipinski definition) is 4. The Morgan fingerprint density at radius 3 is 2.57 bits per heavy atom. The molecule has 6 heteroatoms. The lowest BCUT2D eigenvalue weighted by Gasteiger charge is -2.38. The fourth-order valence-electron chi connectivity index (χ4n) is 4.20. The summed E-state index contributed by atoms with van der Waals surface area (Å²) in [5.74, 6) is 0.966. The van der Waals surface area contributed by atoms with Crippen molar-refractivity contribution >= 4 is 28.4 Å². The average molecular weight is 406 g/mol. The molecule has 4 rings (SSSR count). The minimum Gasteiger partial charge on any atom is -0.377 e. The Kier molecular flexibility index (Phi) is 5.41. The number of nitrogens with zero attached hydrogens (tertiary/aromatic N) is 4. The fourth-order valence-corrected chi connectivity index (χ4v) is 4.20. The summed E-state index contributed by atoms with van der Waals surface area (Å²) in [5.41, 5.74) is 1.98. The van der Waals surface area contributed by atoms with Crippen LogP contribution in [0.3, 0.4) is 0 Å². The van der Waals surface area contributed by atoms with Gasteiger partial charge in [-0.05, 0) is 57.9 Å². The predicted molar refractivity (Wildman–Crippen MR) is 123 cm³/mol. The minimum absolute atomic E-state index is 0.0338. The molecule has 0 saturated carbocycles. The van der Waals surface area contributed by atoms with Gasteiger partial charge in [-0.15, -0.1) is 0 Å². The summed E-state index contributed by atoms with van der Waals surface area (Å²) in [7, 11) is 2.11. The number of para-hydroxylation sites is 1. The van der Waals surface area contributed by atoms with Gasteiger partial charge in [0.05, 0.1) is 11.2 Å². The number of anilines is 2. The van der Waals surface area contributed by atoms with Gasteiger partial charge in [0.25, 0.3) is 0 Å². The molecule has 1 N–H and O–H groups in total. The van der Waals surface area contributed by atoms with Crippen LogP contribution in [0.5, 0.6) is 0 Å². The van der Waals surface area contributed by atoms with Crippen molar-refractivity contribution in [2.75, 3.05) is 30.4 Å². The molecular weight excluding hydrogens is 374 g/mol. The van der Waals surface area contributed by atoms with E-state index >= 15 is 0 Å². The highest BCUT2D eigenvalue weighted by atomic mass is 16.2. The molecule has 1 amide bonds. The molecule has 0 aliphatic carbocycles. The third-order valence-corrected chi connectivity index (χ3v) is 5.72. The molecule has 1 aliphatic rings. The molecule has 0 radical (unpaired) electrons. The summed E-state index contributed by atoms with van der Waals surface area (Å²) in [5, 5.41) is 4.65. The fraction of sp³-hybridized carbons (Fsp3) is 0.417. The van der Waals surface area contributed by atoms with Gasteiger partial charge >= 0.3 is 6.03 Å². The second kappa shape index (κ2) is 8.01. The van der Waals surface area contributed by atoms with Crippen LogP contribution in [-0.4, -0.2) is 52.2 Å². The van der Waals surface area contributed by atoms with Crippen molar-refractivity contribution in [1.82, 2.24) is 14.5 Å². The minimum atomic E-state index is -0.0338. The molecule has 2 aromatic heterocycles. The molecule has 0 atom stereocenters. The van der Waals surface area contributed by atoms with E-state index in [-0.39, 0.29) is 11.6 Å². The number of fused-ring (bicyclic) bond motifs is 1. The van der Waals surface area contributed by atoms with Crippen LogP contribution in [-0.2, 0) is 0 Å². The number of aromatic nitrogens is 2. The highest BCUT2D eigenvalue weighted by Gasteiger charge is 2.28. The Morgan fingerprint density at radius 2 is 1.83 bits per heavy atom. The number of hydrogen-bond donors (Lipinski definition) is 1. The van der Waals surface area contributed by atoms with Gasteiger partial charge < -0.3 is 15.1 Å². The van der Waals surface area contributed by atoms with E-state index in [0.29, 0.717) is 6.04 Å². The van der Waals surface area contributed by atoms with Gasteiger partial charge in [0.2, 0.25) is 0 Å². The van der Waals surface area contributed by atoms with E-state index < -0.39 is 0 Å². The summed E-state index contributed by atoms with van der Waals surface area (Å²) in [6.07, 6.45) is 5.57. The van der Waals surface area contributed by atoms with Crippen LogP contribution < -0.4 is 10.2 Å². The lowest BCUT2D eigenvalue weighted by atomic mass is 10.0. The van der Waals surface area contributed by atoms with E-state index in [9.17, 15) is 4.79 Å². The van der Waals surface area contributed by atoms with E-state index in [1.165, 1.54) is 0 Å². The predicted octanol–water partition coefficient (Wildman–Crippen LogP) is 4.82. The van der Waals surface area contributed by atoms with Crippen molar-refractivity contribution in [3.8, 4) is 0 Å². The molecule has 0 bridgehead atoms. The smallest absolute Gasteiger partial charge is 0.328 e. The highest BCUT2D eigenvalue weighted by molar-refractivity contribution is 5.91. The van der Waals surface area contributed by atoms with Crippen molar-refractivity contribution in [2.24, 2.45) is 0 Å². The van der Waals surface area contributed by atoms with E-state index in [4.69, 9.17) is 0 Å². The maximum Gasteiger partial charge on any atom is 0.328 e. The summed E-state index contributed by atoms with van der Waals surface area (Å²) in [4.78, 5) is 22.0. The number of benzene rings is 1. The van der Waals surface area contributed by atoms with Gasteiger partial charge in [-0.2, -0.15) is 0 Å². The zero-order chi connectivity index (χ0) is 21.3. The van der Waals surface area contributed by atoms with Gasteiger partial charge in [0, 0.05) is 49.5 Å². The first-order valence-corrected chi connectivity index (χ1v) is 10.6. The number of carbonyl (C=O) groups excluding carboxylic acids is 1. The number of likely N-dealkylation sites (tertiary alicyclic amines) is 1. The molecule has 1 fully saturated rings. The van der Waals surface area contributed by atoms with E-state index in [1.807, 2.05) is 53.7 Å². The number of amides is 1. The maximum absolute atomic E-state index is 13.1. The maximum atomic E-state index is 13.1. The molecule has 1 aromatic carbocycles. The Bertz CT molecular complexity index is 1030. The summed E-state index contributed by atoms with van der Waals surface area (Å²) in [6, 6.07) is 14.5. The van der Waals surface area contributed by atoms with Crippen molar-refractivity contribution in [3.05, 3.63) is 54.9 Å². The van der Waals surface area contributed by atoms with Gasteiger partial charge in [0.1, 0.15) is 0 Å². The third kappa shape index (κ3) is 4.13. The first kappa shape index (κ1) is 20.3. The molecule has 158 valence electrons. The van der Waals surface area contributed by atoms with E-state index in [2.05, 4.69) is 49.1 Å². The molecule has 1 aliphatic heterocycles. The van der Waals surface area contributed by atoms with Gasteiger partial charge in [-0.25, -0.2) is 9.78 Å². The Balaban J connectivity index is 1.44. The van der Waals surface area contributed by atoms with E-state index in [1.54, 1.807) is 4.57 Å². The van der Waals surface area contributed by atoms with Gasteiger partial charge in [-0.3, -0.25) is 4.57 Å². The van der Waals surface area contributed by atoms with Crippen LogP contribution in [0.4, 0.5) is 16.3 Å². The number of nitrogens with one attached hydrogen (secondary N) is 1. The monoisotopic (exact) mass is 405 g/mol. The Hall–Kier alpha value is -3.02. The molecule has 30 heavy (non-hydrogen) atoms. The van der Waals surface area contributed by atoms with Gasteiger partial charge in [0.15, 0.2) is 5.82 Å². The van der Waals surface area contributed by atoms with Crippen LogP contribution in [0, 0.1) is 0 Å². The van der Waals surface area contributed by atoms with Crippen molar-refractivity contribution in [1.29, 1.82) is 0 Å². The summed E-state index contributed by atoms with van der Waals surface area (Å²) >= 11 is 0. The quantitative estimate of drug-likeness (QED) is 0.679. The SMILES string of the molecule is CN(c1ncccc1NC(C)(C)C)C1CCN(C(=O)n2ccc3ccccc32)CC1. The third-order valence-electron chi connectivity index (χ3n) is 5.72. The molecular formula is C24H31N5O. The average Bonchev–Trinajstić information content (AvgIpc) is 3.16. The summed E-state index contributed by atoms with van der Waals surface area (Å²) in [6.45, 7) is 7.95. The van der Waals surface area contributed by atoms with Crippen LogP contribution >= 0.6 is 0 Å². The van der Waals surface area contributed by atoms with Crippen molar-refractivity contribution in [2.45, 2.75) is 45.2 Å². The number of pyridine rings is 1. The normalized spacial score (nSPS) is 15.4. The van der Waals surface area contributed by atoms with Gasteiger partial charge in [-0.1, -0.05) is 18.2 Å². The van der Waals surface area contributed by atoms with Crippen molar-refractivity contribution < 1.29 is 4.79 Å². The first-order chi connectivity index (χ1) is 14.3. The second-order valence-corrected chi connectivity index (χ2v) is 9.11. The summed E-state index contributed by atoms with van der Waals surface area (Å²) < 4.78 is 1.77. The van der Waals surface area contributed by atoms with Crippen molar-refractivity contribution in [3.63, 3.8) is 0 Å². The second-order valence-electron chi connectivity index (χ2n) is 9.11. The zero-order valence-electron chi connectivity index (χ0n) is 18.3. The Morgan fingerprint density at radius 1 is 1.10 bits per heavy atom. The molecule has 0 unspecified atom stereocenters. The standard InChI is InChI=1S/C24H31N5O/c1-24(2,3)26-20-9-7-14-25-22(20)27(4)19-12-15-28(16-13-19)23(30)29-17-11-18-8-5-6-10-21(18)29/h5-11,14,17,19,26H,12-13,15-16H2,1-4H3.